The van der Waals surface area contributed by atoms with Crippen LogP contribution in [0.2, 0.25) is 0 Å². The molecule has 1 aliphatic heterocycles. The maximum Gasteiger partial charge on any atom is 0.222 e. The molecule has 0 aromatic carbocycles. The lowest BCUT2D eigenvalue weighted by atomic mass is 9.99. The standard InChI is InChI=1S/C12H20N2O/c1-10(2)5-6-12(15)14-7-3-4-11(8-13)9-14/h10-11H,3-7,9H2,1-2H3. The van der Waals surface area contributed by atoms with Crippen molar-refractivity contribution in [2.75, 3.05) is 13.1 Å². The van der Waals surface area contributed by atoms with Gasteiger partial charge in [0.2, 0.25) is 5.91 Å². The Hall–Kier alpha value is -1.04. The third kappa shape index (κ3) is 3.91. The number of hydrogen-bond acceptors (Lipinski definition) is 2. The van der Waals surface area contributed by atoms with Crippen molar-refractivity contribution in [2.45, 2.75) is 39.5 Å². The summed E-state index contributed by atoms with van der Waals surface area (Å²) in [6.07, 6.45) is 3.51. The Bertz CT molecular complexity index is 255. The number of likely N-dealkylation sites (tertiary alicyclic amines) is 1. The molecule has 0 N–H and O–H groups in total. The van der Waals surface area contributed by atoms with E-state index in [2.05, 4.69) is 19.9 Å². The highest BCUT2D eigenvalue weighted by molar-refractivity contribution is 5.76. The highest BCUT2D eigenvalue weighted by Crippen LogP contribution is 2.17. The molecule has 1 rings (SSSR count). The van der Waals surface area contributed by atoms with Gasteiger partial charge >= 0.3 is 0 Å². The van der Waals surface area contributed by atoms with Crippen molar-refractivity contribution >= 4 is 5.91 Å². The Morgan fingerprint density at radius 2 is 2.33 bits per heavy atom. The molecule has 0 aromatic heterocycles. The van der Waals surface area contributed by atoms with Gasteiger partial charge in [-0.1, -0.05) is 13.8 Å². The van der Waals surface area contributed by atoms with E-state index < -0.39 is 0 Å². The van der Waals surface area contributed by atoms with Gasteiger partial charge in [-0.3, -0.25) is 4.79 Å². The van der Waals surface area contributed by atoms with E-state index in [1.54, 1.807) is 0 Å². The molecule has 0 aromatic rings. The van der Waals surface area contributed by atoms with Crippen molar-refractivity contribution in [3.63, 3.8) is 0 Å². The van der Waals surface area contributed by atoms with E-state index in [0.717, 1.165) is 25.8 Å². The molecule has 15 heavy (non-hydrogen) atoms. The van der Waals surface area contributed by atoms with Crippen molar-refractivity contribution in [2.24, 2.45) is 11.8 Å². The number of nitrogens with zero attached hydrogens (tertiary/aromatic N) is 2. The van der Waals surface area contributed by atoms with Gasteiger partial charge in [-0.15, -0.1) is 0 Å². The Labute approximate surface area is 92.1 Å². The third-order valence-corrected chi connectivity index (χ3v) is 2.89. The van der Waals surface area contributed by atoms with Crippen molar-refractivity contribution < 1.29 is 4.79 Å². The van der Waals surface area contributed by atoms with Crippen LogP contribution in [-0.2, 0) is 4.79 Å². The van der Waals surface area contributed by atoms with E-state index >= 15 is 0 Å². The van der Waals surface area contributed by atoms with E-state index in [1.165, 1.54) is 0 Å². The van der Waals surface area contributed by atoms with Crippen molar-refractivity contribution in [3.8, 4) is 6.07 Å². The van der Waals surface area contributed by atoms with Crippen LogP contribution in [0.1, 0.15) is 39.5 Å². The predicted octanol–water partition coefficient (Wildman–Crippen LogP) is 2.18. The first-order valence-corrected chi connectivity index (χ1v) is 5.81. The number of carbonyl (C=O) groups is 1. The number of nitriles is 1. The first-order chi connectivity index (χ1) is 7.13. The molecule has 1 fully saturated rings. The average Bonchev–Trinajstić information content (AvgIpc) is 2.26. The third-order valence-electron chi connectivity index (χ3n) is 2.89. The minimum Gasteiger partial charge on any atom is -0.341 e. The second-order valence-electron chi connectivity index (χ2n) is 4.74. The van der Waals surface area contributed by atoms with Crippen LogP contribution in [0.5, 0.6) is 0 Å². The SMILES string of the molecule is CC(C)CCC(=O)N1CCCC(C#N)C1. The molecule has 3 nitrogen and oxygen atoms in total. The molecule has 1 heterocycles. The van der Waals surface area contributed by atoms with E-state index in [0.29, 0.717) is 18.9 Å². The number of hydrogen-bond donors (Lipinski definition) is 0. The van der Waals surface area contributed by atoms with Crippen molar-refractivity contribution in [1.29, 1.82) is 5.26 Å². The zero-order valence-electron chi connectivity index (χ0n) is 9.70. The smallest absolute Gasteiger partial charge is 0.222 e. The van der Waals surface area contributed by atoms with Gasteiger partial charge in [0, 0.05) is 19.5 Å². The number of rotatable bonds is 3. The maximum atomic E-state index is 11.8. The Balaban J connectivity index is 2.36. The summed E-state index contributed by atoms with van der Waals surface area (Å²) in [5.41, 5.74) is 0. The predicted molar refractivity (Wildman–Crippen MR) is 59.0 cm³/mol. The van der Waals surface area contributed by atoms with Gasteiger partial charge in [-0.25, -0.2) is 0 Å². The molecule has 1 atom stereocenters. The van der Waals surface area contributed by atoms with Gasteiger partial charge in [-0.2, -0.15) is 5.26 Å². The normalized spacial score (nSPS) is 21.5. The quantitative estimate of drug-likeness (QED) is 0.713. The van der Waals surface area contributed by atoms with Gasteiger partial charge < -0.3 is 4.90 Å². The Morgan fingerprint density at radius 3 is 2.93 bits per heavy atom. The molecular weight excluding hydrogens is 188 g/mol. The van der Waals surface area contributed by atoms with Crippen molar-refractivity contribution in [3.05, 3.63) is 0 Å². The minimum absolute atomic E-state index is 0.0572. The Morgan fingerprint density at radius 1 is 1.60 bits per heavy atom. The summed E-state index contributed by atoms with van der Waals surface area (Å²) in [5.74, 6) is 0.857. The summed E-state index contributed by atoms with van der Waals surface area (Å²) >= 11 is 0. The number of carbonyl (C=O) groups excluding carboxylic acids is 1. The first kappa shape index (κ1) is 12.0. The van der Waals surface area contributed by atoms with Gasteiger partial charge in [0.25, 0.3) is 0 Å². The van der Waals surface area contributed by atoms with Crippen LogP contribution in [0.3, 0.4) is 0 Å². The van der Waals surface area contributed by atoms with Gasteiger partial charge in [0.1, 0.15) is 0 Å². The van der Waals surface area contributed by atoms with Crippen LogP contribution < -0.4 is 0 Å². The van der Waals surface area contributed by atoms with Crippen molar-refractivity contribution in [1.82, 2.24) is 4.90 Å². The highest BCUT2D eigenvalue weighted by atomic mass is 16.2. The van der Waals surface area contributed by atoms with Crippen LogP contribution in [0.25, 0.3) is 0 Å². The zero-order chi connectivity index (χ0) is 11.3. The molecular formula is C12H20N2O. The largest absolute Gasteiger partial charge is 0.341 e. The fourth-order valence-corrected chi connectivity index (χ4v) is 1.88. The molecule has 0 aliphatic carbocycles. The molecule has 0 spiro atoms. The van der Waals surface area contributed by atoms with Crippen LogP contribution in [0.4, 0.5) is 0 Å². The molecule has 1 aliphatic rings. The average molecular weight is 208 g/mol. The summed E-state index contributed by atoms with van der Waals surface area (Å²) in [6.45, 7) is 5.74. The molecule has 84 valence electrons. The van der Waals surface area contributed by atoms with Gasteiger partial charge in [0.15, 0.2) is 0 Å². The molecule has 3 heteroatoms. The Kier molecular flexibility index (Phi) is 4.61. The molecule has 1 unspecified atom stereocenters. The molecule has 0 bridgehead atoms. The number of piperidine rings is 1. The lowest BCUT2D eigenvalue weighted by molar-refractivity contribution is -0.132. The second-order valence-corrected chi connectivity index (χ2v) is 4.74. The van der Waals surface area contributed by atoms with E-state index in [4.69, 9.17) is 5.26 Å². The molecule has 0 radical (unpaired) electrons. The first-order valence-electron chi connectivity index (χ1n) is 5.81. The zero-order valence-corrected chi connectivity index (χ0v) is 9.70. The topological polar surface area (TPSA) is 44.1 Å². The van der Waals surface area contributed by atoms with Gasteiger partial charge in [0.05, 0.1) is 12.0 Å². The lowest BCUT2D eigenvalue weighted by Crippen LogP contribution is -2.39. The maximum absolute atomic E-state index is 11.8. The molecule has 0 saturated carbocycles. The van der Waals surface area contributed by atoms with Gasteiger partial charge in [-0.05, 0) is 25.2 Å². The summed E-state index contributed by atoms with van der Waals surface area (Å²) in [6, 6.07) is 2.26. The fraction of sp³-hybridized carbons (Fsp3) is 0.833. The van der Waals surface area contributed by atoms with E-state index in [-0.39, 0.29) is 11.8 Å². The lowest BCUT2D eigenvalue weighted by Gasteiger charge is -2.29. The second kappa shape index (κ2) is 5.75. The summed E-state index contributed by atoms with van der Waals surface area (Å²) in [4.78, 5) is 13.6. The van der Waals surface area contributed by atoms with Crippen LogP contribution >= 0.6 is 0 Å². The monoisotopic (exact) mass is 208 g/mol. The van der Waals surface area contributed by atoms with E-state index in [9.17, 15) is 4.79 Å². The molecule has 1 saturated heterocycles. The minimum atomic E-state index is 0.0572. The van der Waals surface area contributed by atoms with Crippen LogP contribution in [-0.4, -0.2) is 23.9 Å². The van der Waals surface area contributed by atoms with E-state index in [1.807, 2.05) is 4.90 Å². The highest BCUT2D eigenvalue weighted by Gasteiger charge is 2.22. The number of amides is 1. The summed E-state index contributed by atoms with van der Waals surface area (Å²) in [5, 5.41) is 8.82. The summed E-state index contributed by atoms with van der Waals surface area (Å²) < 4.78 is 0. The van der Waals surface area contributed by atoms with Crippen LogP contribution in [0.15, 0.2) is 0 Å². The van der Waals surface area contributed by atoms with Crippen LogP contribution in [0, 0.1) is 23.2 Å². The molecule has 1 amide bonds. The summed E-state index contributed by atoms with van der Waals surface area (Å²) in [7, 11) is 0. The fourth-order valence-electron chi connectivity index (χ4n) is 1.88.